The van der Waals surface area contributed by atoms with Gasteiger partial charge in [0, 0.05) is 11.1 Å². The van der Waals surface area contributed by atoms with Crippen LogP contribution < -0.4 is 0 Å². The lowest BCUT2D eigenvalue weighted by molar-refractivity contribution is 0.112. The molecule has 1 aromatic rings. The molecular formula is C10H6Cl2O. The standard InChI is InChI=1S/C10H6Cl2O/c11-5-1-2-8-3-4-9(7-13)10(12)6-8/h3-4,6-7H,5H2. The van der Waals surface area contributed by atoms with E-state index in [9.17, 15) is 4.79 Å². The maximum Gasteiger partial charge on any atom is 0.151 e. The van der Waals surface area contributed by atoms with Gasteiger partial charge in [0.05, 0.1) is 10.9 Å². The van der Waals surface area contributed by atoms with Gasteiger partial charge in [0.25, 0.3) is 0 Å². The molecular weight excluding hydrogens is 207 g/mol. The molecule has 1 nitrogen and oxygen atoms in total. The number of carbonyl (C=O) groups is 1. The topological polar surface area (TPSA) is 17.1 Å². The minimum atomic E-state index is 0.285. The molecule has 0 aromatic heterocycles. The number of alkyl halides is 1. The predicted octanol–water partition coefficient (Wildman–Crippen LogP) is 2.74. The third-order valence-electron chi connectivity index (χ3n) is 1.43. The van der Waals surface area contributed by atoms with Gasteiger partial charge in [0.2, 0.25) is 0 Å². The van der Waals surface area contributed by atoms with Gasteiger partial charge in [0.15, 0.2) is 6.29 Å². The summed E-state index contributed by atoms with van der Waals surface area (Å²) in [5.74, 6) is 5.79. The summed E-state index contributed by atoms with van der Waals surface area (Å²) in [6.07, 6.45) is 0.709. The Balaban J connectivity index is 3.02. The van der Waals surface area contributed by atoms with E-state index in [4.69, 9.17) is 23.2 Å². The number of carbonyl (C=O) groups excluding carboxylic acids is 1. The molecule has 1 rings (SSSR count). The van der Waals surface area contributed by atoms with E-state index in [1.165, 1.54) is 0 Å². The van der Waals surface area contributed by atoms with Gasteiger partial charge in [0.1, 0.15) is 0 Å². The molecule has 13 heavy (non-hydrogen) atoms. The van der Waals surface area contributed by atoms with Crippen molar-refractivity contribution in [3.8, 4) is 11.8 Å². The second kappa shape index (κ2) is 4.91. The van der Waals surface area contributed by atoms with Crippen LogP contribution in [-0.4, -0.2) is 12.2 Å². The number of rotatable bonds is 1. The third-order valence-corrected chi connectivity index (χ3v) is 1.89. The molecule has 0 spiro atoms. The highest BCUT2D eigenvalue weighted by atomic mass is 35.5. The largest absolute Gasteiger partial charge is 0.298 e. The summed E-state index contributed by atoms with van der Waals surface area (Å²) < 4.78 is 0. The van der Waals surface area contributed by atoms with Crippen molar-refractivity contribution in [1.29, 1.82) is 0 Å². The molecule has 0 saturated heterocycles. The van der Waals surface area contributed by atoms with Crippen molar-refractivity contribution < 1.29 is 4.79 Å². The summed E-state index contributed by atoms with van der Waals surface area (Å²) >= 11 is 11.2. The average Bonchev–Trinajstić information content (AvgIpc) is 2.15. The van der Waals surface area contributed by atoms with Crippen molar-refractivity contribution in [2.45, 2.75) is 0 Å². The van der Waals surface area contributed by atoms with Gasteiger partial charge in [-0.3, -0.25) is 4.79 Å². The molecule has 66 valence electrons. The van der Waals surface area contributed by atoms with Crippen LogP contribution in [0.3, 0.4) is 0 Å². The van der Waals surface area contributed by atoms with Crippen LogP contribution in [-0.2, 0) is 0 Å². The highest BCUT2D eigenvalue weighted by Gasteiger charge is 1.97. The summed E-state index contributed by atoms with van der Waals surface area (Å²) in [7, 11) is 0. The summed E-state index contributed by atoms with van der Waals surface area (Å²) in [4.78, 5) is 10.4. The van der Waals surface area contributed by atoms with Gasteiger partial charge in [-0.25, -0.2) is 0 Å². The van der Waals surface area contributed by atoms with Crippen LogP contribution in [0, 0.1) is 11.8 Å². The molecule has 0 saturated carbocycles. The van der Waals surface area contributed by atoms with Crippen LogP contribution in [0.4, 0.5) is 0 Å². The fourth-order valence-electron chi connectivity index (χ4n) is 0.836. The Morgan fingerprint density at radius 3 is 2.77 bits per heavy atom. The molecule has 0 radical (unpaired) electrons. The minimum Gasteiger partial charge on any atom is -0.298 e. The van der Waals surface area contributed by atoms with Crippen LogP contribution in [0.5, 0.6) is 0 Å². The maximum absolute atomic E-state index is 10.4. The zero-order valence-corrected chi connectivity index (χ0v) is 8.19. The Morgan fingerprint density at radius 2 is 2.23 bits per heavy atom. The van der Waals surface area contributed by atoms with Gasteiger partial charge in [-0.15, -0.1) is 11.6 Å². The number of halogens is 2. The van der Waals surface area contributed by atoms with E-state index >= 15 is 0 Å². The lowest BCUT2D eigenvalue weighted by Crippen LogP contribution is -1.83. The Morgan fingerprint density at radius 1 is 1.46 bits per heavy atom. The van der Waals surface area contributed by atoms with Crippen LogP contribution in [0.25, 0.3) is 0 Å². The minimum absolute atomic E-state index is 0.285. The van der Waals surface area contributed by atoms with Crippen LogP contribution in [0.15, 0.2) is 18.2 Å². The number of benzene rings is 1. The van der Waals surface area contributed by atoms with E-state index in [-0.39, 0.29) is 5.88 Å². The Kier molecular flexibility index (Phi) is 3.82. The second-order valence-corrected chi connectivity index (χ2v) is 2.96. The average molecular weight is 213 g/mol. The van der Waals surface area contributed by atoms with Crippen molar-refractivity contribution in [2.75, 3.05) is 5.88 Å². The highest BCUT2D eigenvalue weighted by Crippen LogP contribution is 2.15. The molecule has 0 fully saturated rings. The summed E-state index contributed by atoms with van der Waals surface area (Å²) in [6, 6.07) is 5.01. The van der Waals surface area contributed by atoms with Crippen molar-refractivity contribution in [3.05, 3.63) is 34.3 Å². The first-order chi connectivity index (χ1) is 6.27. The SMILES string of the molecule is O=Cc1ccc(C#CCCl)cc1Cl. The summed E-state index contributed by atoms with van der Waals surface area (Å²) in [5, 5.41) is 0.413. The first-order valence-electron chi connectivity index (χ1n) is 3.57. The Labute approximate surface area is 86.7 Å². The first-order valence-corrected chi connectivity index (χ1v) is 4.48. The first kappa shape index (κ1) is 10.1. The quantitative estimate of drug-likeness (QED) is 0.398. The van der Waals surface area contributed by atoms with Crippen LogP contribution in [0.2, 0.25) is 5.02 Å². The van der Waals surface area contributed by atoms with E-state index in [1.807, 2.05) is 0 Å². The summed E-state index contributed by atoms with van der Waals surface area (Å²) in [6.45, 7) is 0. The molecule has 0 aliphatic heterocycles. The summed E-state index contributed by atoms with van der Waals surface area (Å²) in [5.41, 5.74) is 1.23. The molecule has 0 heterocycles. The van der Waals surface area contributed by atoms with Crippen molar-refractivity contribution in [3.63, 3.8) is 0 Å². The predicted molar refractivity (Wildman–Crippen MR) is 54.4 cm³/mol. The molecule has 0 aliphatic rings. The van der Waals surface area contributed by atoms with E-state index in [2.05, 4.69) is 11.8 Å². The molecule has 0 N–H and O–H groups in total. The van der Waals surface area contributed by atoms with Gasteiger partial charge < -0.3 is 0 Å². The molecule has 0 bridgehead atoms. The number of hydrogen-bond donors (Lipinski definition) is 0. The monoisotopic (exact) mass is 212 g/mol. The van der Waals surface area contributed by atoms with E-state index in [0.717, 1.165) is 5.56 Å². The second-order valence-electron chi connectivity index (χ2n) is 2.29. The normalized spacial score (nSPS) is 8.77. The number of aldehydes is 1. The molecule has 0 amide bonds. The molecule has 0 unspecified atom stereocenters. The Hall–Kier alpha value is -0.970. The van der Waals surface area contributed by atoms with Crippen LogP contribution >= 0.6 is 23.2 Å². The van der Waals surface area contributed by atoms with Gasteiger partial charge in [-0.05, 0) is 18.2 Å². The van der Waals surface area contributed by atoms with Crippen LogP contribution in [0.1, 0.15) is 15.9 Å². The van der Waals surface area contributed by atoms with Gasteiger partial charge >= 0.3 is 0 Å². The van der Waals surface area contributed by atoms with Gasteiger partial charge in [-0.1, -0.05) is 23.4 Å². The lowest BCUT2D eigenvalue weighted by Gasteiger charge is -1.95. The fraction of sp³-hybridized carbons (Fsp3) is 0.100. The lowest BCUT2D eigenvalue weighted by atomic mass is 10.1. The van der Waals surface area contributed by atoms with E-state index in [0.29, 0.717) is 16.9 Å². The smallest absolute Gasteiger partial charge is 0.151 e. The molecule has 3 heteroatoms. The van der Waals surface area contributed by atoms with Crippen molar-refractivity contribution >= 4 is 29.5 Å². The zero-order chi connectivity index (χ0) is 9.68. The van der Waals surface area contributed by atoms with E-state index < -0.39 is 0 Å². The third kappa shape index (κ3) is 2.77. The molecule has 1 aromatic carbocycles. The Bertz CT molecular complexity index is 374. The van der Waals surface area contributed by atoms with Gasteiger partial charge in [-0.2, -0.15) is 0 Å². The highest BCUT2D eigenvalue weighted by molar-refractivity contribution is 6.33. The fourth-order valence-corrected chi connectivity index (χ4v) is 1.13. The van der Waals surface area contributed by atoms with Crippen molar-refractivity contribution in [2.24, 2.45) is 0 Å². The number of hydrogen-bond acceptors (Lipinski definition) is 1. The molecule has 0 atom stereocenters. The zero-order valence-electron chi connectivity index (χ0n) is 6.68. The van der Waals surface area contributed by atoms with E-state index in [1.54, 1.807) is 18.2 Å². The molecule has 0 aliphatic carbocycles. The maximum atomic E-state index is 10.4. The van der Waals surface area contributed by atoms with Crippen molar-refractivity contribution in [1.82, 2.24) is 0 Å².